The fourth-order valence-electron chi connectivity index (χ4n) is 5.70. The molecular weight excluding hydrogens is 484 g/mol. The number of fused-ring (bicyclic) bond motifs is 3. The number of nitrogens with zero attached hydrogens (tertiary/aromatic N) is 4. The van der Waals surface area contributed by atoms with Crippen molar-refractivity contribution in [1.29, 1.82) is 0 Å². The van der Waals surface area contributed by atoms with Gasteiger partial charge in [-0.05, 0) is 61.1 Å². The van der Waals surface area contributed by atoms with E-state index in [0.29, 0.717) is 10.8 Å². The van der Waals surface area contributed by atoms with Crippen molar-refractivity contribution >= 4 is 31.8 Å². The van der Waals surface area contributed by atoms with Crippen LogP contribution in [0.3, 0.4) is 0 Å². The van der Waals surface area contributed by atoms with Gasteiger partial charge in [0.15, 0.2) is 9.84 Å². The fourth-order valence-corrected chi connectivity index (χ4v) is 6.34. The van der Waals surface area contributed by atoms with E-state index in [0.717, 1.165) is 65.7 Å². The van der Waals surface area contributed by atoms with Gasteiger partial charge in [-0.3, -0.25) is 9.67 Å². The van der Waals surface area contributed by atoms with E-state index in [1.165, 1.54) is 11.8 Å². The molecule has 0 saturated carbocycles. The van der Waals surface area contributed by atoms with Crippen LogP contribution in [0.4, 0.5) is 0 Å². The SMILES string of the molecule is Cn1nccc1-c1cnc2c3ccc(S(C)(=O)=O)cc3n([C@H](Cc3ccccc3)C3CCOCC3)c2c1. The summed E-state index contributed by atoms with van der Waals surface area (Å²) in [5.41, 5.74) is 6.00. The van der Waals surface area contributed by atoms with E-state index in [-0.39, 0.29) is 6.04 Å². The highest BCUT2D eigenvalue weighted by molar-refractivity contribution is 7.90. The van der Waals surface area contributed by atoms with Gasteiger partial charge in [0.25, 0.3) is 0 Å². The van der Waals surface area contributed by atoms with Crippen LogP contribution in [0.15, 0.2) is 78.0 Å². The summed E-state index contributed by atoms with van der Waals surface area (Å²) in [7, 11) is -1.45. The van der Waals surface area contributed by atoms with E-state index in [9.17, 15) is 8.42 Å². The van der Waals surface area contributed by atoms with Crippen molar-refractivity contribution in [2.24, 2.45) is 13.0 Å². The van der Waals surface area contributed by atoms with Gasteiger partial charge in [-0.1, -0.05) is 30.3 Å². The minimum Gasteiger partial charge on any atom is -0.381 e. The van der Waals surface area contributed by atoms with E-state index >= 15 is 0 Å². The van der Waals surface area contributed by atoms with E-state index in [1.54, 1.807) is 12.3 Å². The topological polar surface area (TPSA) is 79.0 Å². The van der Waals surface area contributed by atoms with Gasteiger partial charge in [-0.2, -0.15) is 5.10 Å². The maximum atomic E-state index is 12.6. The molecule has 0 N–H and O–H groups in total. The third-order valence-electron chi connectivity index (χ3n) is 7.59. The second-order valence-electron chi connectivity index (χ2n) is 9.96. The zero-order chi connectivity index (χ0) is 25.6. The molecule has 3 aromatic heterocycles. The highest BCUT2D eigenvalue weighted by atomic mass is 32.2. The summed E-state index contributed by atoms with van der Waals surface area (Å²) >= 11 is 0. The molecule has 1 aliphatic heterocycles. The minimum atomic E-state index is -3.37. The first kappa shape index (κ1) is 23.9. The molecule has 2 aromatic carbocycles. The zero-order valence-corrected chi connectivity index (χ0v) is 21.9. The number of benzene rings is 2. The van der Waals surface area contributed by atoms with E-state index < -0.39 is 9.84 Å². The van der Waals surface area contributed by atoms with Gasteiger partial charge in [0.05, 0.1) is 27.1 Å². The van der Waals surface area contributed by atoms with Gasteiger partial charge >= 0.3 is 0 Å². The van der Waals surface area contributed by atoms with E-state index in [4.69, 9.17) is 9.72 Å². The number of rotatable bonds is 6. The maximum absolute atomic E-state index is 12.6. The van der Waals surface area contributed by atoms with Gasteiger partial charge in [-0.15, -0.1) is 0 Å². The Hall–Kier alpha value is -3.49. The minimum absolute atomic E-state index is 0.115. The summed E-state index contributed by atoms with van der Waals surface area (Å²) in [5.74, 6) is 0.384. The third-order valence-corrected chi connectivity index (χ3v) is 8.70. The number of pyridine rings is 1. The van der Waals surface area contributed by atoms with Crippen LogP contribution in [-0.2, 0) is 28.0 Å². The quantitative estimate of drug-likeness (QED) is 0.311. The zero-order valence-electron chi connectivity index (χ0n) is 21.0. The number of sulfone groups is 1. The van der Waals surface area contributed by atoms with E-state index in [2.05, 4.69) is 40.0 Å². The lowest BCUT2D eigenvalue weighted by molar-refractivity contribution is 0.0498. The summed E-state index contributed by atoms with van der Waals surface area (Å²) in [6.45, 7) is 1.47. The Balaban J connectivity index is 1.64. The monoisotopic (exact) mass is 514 g/mol. The molecule has 190 valence electrons. The molecule has 1 fully saturated rings. The lowest BCUT2D eigenvalue weighted by Gasteiger charge is -2.33. The average molecular weight is 515 g/mol. The van der Waals surface area contributed by atoms with Crippen molar-refractivity contribution in [2.45, 2.75) is 30.2 Å². The number of ether oxygens (including phenoxy) is 1. The van der Waals surface area contributed by atoms with Crippen LogP contribution >= 0.6 is 0 Å². The van der Waals surface area contributed by atoms with Crippen LogP contribution < -0.4 is 0 Å². The van der Waals surface area contributed by atoms with Gasteiger partial charge in [0, 0.05) is 55.9 Å². The molecule has 5 aromatic rings. The molecule has 0 bridgehead atoms. The molecule has 0 unspecified atom stereocenters. The van der Waals surface area contributed by atoms with Gasteiger partial charge in [-0.25, -0.2) is 8.42 Å². The second kappa shape index (κ2) is 9.43. The molecule has 0 amide bonds. The molecule has 1 saturated heterocycles. The van der Waals surface area contributed by atoms with Crippen molar-refractivity contribution < 1.29 is 13.2 Å². The molecular formula is C29H30N4O3S. The van der Waals surface area contributed by atoms with Crippen molar-refractivity contribution in [2.75, 3.05) is 19.5 Å². The van der Waals surface area contributed by atoms with E-state index in [1.807, 2.05) is 42.2 Å². The first-order valence-corrected chi connectivity index (χ1v) is 14.5. The van der Waals surface area contributed by atoms with Crippen LogP contribution in [0.25, 0.3) is 33.2 Å². The predicted octanol–water partition coefficient (Wildman–Crippen LogP) is 5.20. The Morgan fingerprint density at radius 2 is 1.81 bits per heavy atom. The molecule has 37 heavy (non-hydrogen) atoms. The lowest BCUT2D eigenvalue weighted by Crippen LogP contribution is -2.27. The summed E-state index contributed by atoms with van der Waals surface area (Å²) in [6, 6.07) is 20.2. The highest BCUT2D eigenvalue weighted by Gasteiger charge is 2.29. The fraction of sp³-hybridized carbons (Fsp3) is 0.310. The molecule has 4 heterocycles. The second-order valence-corrected chi connectivity index (χ2v) is 12.0. The van der Waals surface area contributed by atoms with Crippen molar-refractivity contribution in [1.82, 2.24) is 19.3 Å². The summed E-state index contributed by atoms with van der Waals surface area (Å²) < 4.78 is 35.1. The number of hydrogen-bond donors (Lipinski definition) is 0. The first-order valence-electron chi connectivity index (χ1n) is 12.6. The van der Waals surface area contributed by atoms with Gasteiger partial charge < -0.3 is 9.30 Å². The number of hydrogen-bond acceptors (Lipinski definition) is 5. The average Bonchev–Trinajstić information content (AvgIpc) is 3.48. The van der Waals surface area contributed by atoms with Crippen molar-refractivity contribution in [3.63, 3.8) is 0 Å². The molecule has 0 radical (unpaired) electrons. The van der Waals surface area contributed by atoms with Crippen molar-refractivity contribution in [3.8, 4) is 11.3 Å². The standard InChI is InChI=1S/C29H30N4O3S/c1-32-25(10-13-31-32)22-17-28-29(30-19-22)24-9-8-23(37(2,34)35)18-27(24)33(28)26(21-11-14-36-15-12-21)16-20-6-4-3-5-7-20/h3-10,13,17-19,21,26H,11-12,14-16H2,1-2H3/t26-/m1/s1. The normalized spacial score (nSPS) is 15.9. The van der Waals surface area contributed by atoms with Crippen LogP contribution in [0, 0.1) is 5.92 Å². The first-order chi connectivity index (χ1) is 17.9. The molecule has 8 heteroatoms. The smallest absolute Gasteiger partial charge is 0.175 e. The lowest BCUT2D eigenvalue weighted by atomic mass is 9.87. The molecule has 1 atom stereocenters. The Morgan fingerprint density at radius 1 is 1.03 bits per heavy atom. The Labute approximate surface area is 216 Å². The van der Waals surface area contributed by atoms with Crippen LogP contribution in [-0.4, -0.2) is 47.2 Å². The van der Waals surface area contributed by atoms with Crippen molar-refractivity contribution in [3.05, 3.63) is 78.6 Å². The molecule has 7 nitrogen and oxygen atoms in total. The number of aromatic nitrogens is 4. The maximum Gasteiger partial charge on any atom is 0.175 e. The van der Waals surface area contributed by atoms with Gasteiger partial charge in [0.1, 0.15) is 0 Å². The Kier molecular flexibility index (Phi) is 6.09. The molecule has 0 spiro atoms. The third kappa shape index (κ3) is 4.45. The largest absolute Gasteiger partial charge is 0.381 e. The summed E-state index contributed by atoms with van der Waals surface area (Å²) in [5, 5.41) is 5.30. The Morgan fingerprint density at radius 3 is 2.51 bits per heavy atom. The summed E-state index contributed by atoms with van der Waals surface area (Å²) in [4.78, 5) is 5.24. The van der Waals surface area contributed by atoms with Crippen LogP contribution in [0.5, 0.6) is 0 Å². The highest BCUT2D eigenvalue weighted by Crippen LogP contribution is 2.40. The molecule has 6 rings (SSSR count). The van der Waals surface area contributed by atoms with Crippen LogP contribution in [0.2, 0.25) is 0 Å². The summed E-state index contributed by atoms with van der Waals surface area (Å²) in [6.07, 6.45) is 7.68. The molecule has 0 aliphatic carbocycles. The van der Waals surface area contributed by atoms with Crippen LogP contribution in [0.1, 0.15) is 24.4 Å². The Bertz CT molecular complexity index is 1680. The number of aryl methyl sites for hydroxylation is 1. The van der Waals surface area contributed by atoms with Gasteiger partial charge in [0.2, 0.25) is 0 Å². The molecule has 1 aliphatic rings. The predicted molar refractivity (Wildman–Crippen MR) is 145 cm³/mol.